The summed E-state index contributed by atoms with van der Waals surface area (Å²) in [7, 11) is 3.21. The van der Waals surface area contributed by atoms with Crippen molar-refractivity contribution in [2.24, 2.45) is 0 Å². The van der Waals surface area contributed by atoms with Gasteiger partial charge >= 0.3 is 0 Å². The van der Waals surface area contributed by atoms with Crippen LogP contribution in [0.1, 0.15) is 24.2 Å². The zero-order valence-corrected chi connectivity index (χ0v) is 17.5. The second kappa shape index (κ2) is 7.79. The highest BCUT2D eigenvalue weighted by Crippen LogP contribution is 2.46. The van der Waals surface area contributed by atoms with Crippen molar-refractivity contribution in [2.75, 3.05) is 14.2 Å². The molecule has 0 aliphatic carbocycles. The number of methoxy groups -OCH3 is 2. The molecule has 4 aromatic rings. The maximum absolute atomic E-state index is 6.32. The first-order chi connectivity index (χ1) is 15.2. The standard InChI is InChI=1S/C23H22N4O4/c1-14-21(16-6-7-20(29-3)25-11-16)31-22-18(28-2)9-15(10-19(22)30-14)12-27-13-26-17-5-4-8-24-23(17)27/h4-11,13-14,21H,12H2,1-3H3/t14-,21-/m1/s1. The zero-order chi connectivity index (χ0) is 21.4. The average Bonchev–Trinajstić information content (AvgIpc) is 3.21. The molecule has 0 saturated carbocycles. The number of pyridine rings is 2. The second-order valence-corrected chi connectivity index (χ2v) is 7.34. The Kier molecular flexibility index (Phi) is 4.82. The lowest BCUT2D eigenvalue weighted by atomic mass is 10.0. The van der Waals surface area contributed by atoms with E-state index < -0.39 is 0 Å². The summed E-state index contributed by atoms with van der Waals surface area (Å²) in [6.07, 6.45) is 4.77. The topological polar surface area (TPSA) is 80.5 Å². The maximum atomic E-state index is 6.32. The quantitative estimate of drug-likeness (QED) is 0.488. The molecule has 31 heavy (non-hydrogen) atoms. The van der Waals surface area contributed by atoms with E-state index in [1.165, 1.54) is 0 Å². The van der Waals surface area contributed by atoms with Gasteiger partial charge in [0, 0.05) is 24.0 Å². The van der Waals surface area contributed by atoms with Crippen molar-refractivity contribution in [1.82, 2.24) is 19.5 Å². The fourth-order valence-electron chi connectivity index (χ4n) is 3.79. The molecule has 1 aromatic carbocycles. The zero-order valence-electron chi connectivity index (χ0n) is 17.5. The largest absolute Gasteiger partial charge is 0.493 e. The van der Waals surface area contributed by atoms with Gasteiger partial charge in [-0.1, -0.05) is 0 Å². The molecule has 8 heteroatoms. The summed E-state index contributed by atoms with van der Waals surface area (Å²) >= 11 is 0. The van der Waals surface area contributed by atoms with Crippen LogP contribution in [0, 0.1) is 0 Å². The lowest BCUT2D eigenvalue weighted by molar-refractivity contribution is 0.0277. The summed E-state index contributed by atoms with van der Waals surface area (Å²) in [6.45, 7) is 2.56. The summed E-state index contributed by atoms with van der Waals surface area (Å²) in [6, 6.07) is 11.5. The van der Waals surface area contributed by atoms with Gasteiger partial charge in [0.2, 0.25) is 11.6 Å². The SMILES string of the molecule is COc1ccc([C@@H]2Oc3c(OC)cc(Cn4cnc5cccnc54)cc3O[C@@H]2C)cn1. The molecule has 0 saturated heterocycles. The summed E-state index contributed by atoms with van der Waals surface area (Å²) in [5.74, 6) is 2.40. The number of ether oxygens (including phenoxy) is 4. The summed E-state index contributed by atoms with van der Waals surface area (Å²) in [4.78, 5) is 13.1. The molecule has 1 aliphatic heterocycles. The van der Waals surface area contributed by atoms with E-state index in [-0.39, 0.29) is 12.2 Å². The molecule has 0 bridgehead atoms. The van der Waals surface area contributed by atoms with Crippen LogP contribution >= 0.6 is 0 Å². The van der Waals surface area contributed by atoms with Crippen LogP contribution in [0.2, 0.25) is 0 Å². The minimum atomic E-state index is -0.313. The number of rotatable bonds is 5. The first kappa shape index (κ1) is 19.2. The molecule has 0 amide bonds. The number of nitrogens with zero attached hydrogens (tertiary/aromatic N) is 4. The van der Waals surface area contributed by atoms with E-state index in [9.17, 15) is 0 Å². The van der Waals surface area contributed by atoms with Gasteiger partial charge in [-0.05, 0) is 42.8 Å². The highest BCUT2D eigenvalue weighted by atomic mass is 16.6. The Bertz CT molecular complexity index is 1220. The Hall–Kier alpha value is -3.81. The van der Waals surface area contributed by atoms with E-state index >= 15 is 0 Å². The fraction of sp³-hybridized carbons (Fsp3) is 0.261. The van der Waals surface area contributed by atoms with Crippen LogP contribution in [0.3, 0.4) is 0 Å². The Morgan fingerprint density at radius 3 is 2.71 bits per heavy atom. The van der Waals surface area contributed by atoms with Crippen LogP contribution in [0.25, 0.3) is 11.2 Å². The van der Waals surface area contributed by atoms with Crippen LogP contribution < -0.4 is 18.9 Å². The molecular formula is C23H22N4O4. The number of benzene rings is 1. The van der Waals surface area contributed by atoms with E-state index in [0.29, 0.717) is 29.7 Å². The molecule has 2 atom stereocenters. The minimum Gasteiger partial charge on any atom is -0.493 e. The number of imidazole rings is 1. The molecule has 5 rings (SSSR count). The molecule has 0 radical (unpaired) electrons. The van der Waals surface area contributed by atoms with Crippen molar-refractivity contribution < 1.29 is 18.9 Å². The van der Waals surface area contributed by atoms with Crippen molar-refractivity contribution in [3.05, 3.63) is 66.2 Å². The molecule has 1 aliphatic rings. The Morgan fingerprint density at radius 1 is 1.03 bits per heavy atom. The molecule has 8 nitrogen and oxygen atoms in total. The van der Waals surface area contributed by atoms with E-state index in [1.54, 1.807) is 32.9 Å². The molecular weight excluding hydrogens is 396 g/mol. The third-order valence-electron chi connectivity index (χ3n) is 5.31. The van der Waals surface area contributed by atoms with Gasteiger partial charge in [-0.3, -0.25) is 0 Å². The number of aromatic nitrogens is 4. The normalized spacial score (nSPS) is 17.5. The van der Waals surface area contributed by atoms with Gasteiger partial charge in [-0.2, -0.15) is 0 Å². The van der Waals surface area contributed by atoms with Crippen molar-refractivity contribution in [1.29, 1.82) is 0 Å². The van der Waals surface area contributed by atoms with Crippen LogP contribution in [-0.4, -0.2) is 39.8 Å². The smallest absolute Gasteiger partial charge is 0.212 e. The minimum absolute atomic E-state index is 0.210. The Morgan fingerprint density at radius 2 is 1.94 bits per heavy atom. The first-order valence-electron chi connectivity index (χ1n) is 9.96. The third-order valence-corrected chi connectivity index (χ3v) is 5.31. The highest BCUT2D eigenvalue weighted by Gasteiger charge is 2.32. The summed E-state index contributed by atoms with van der Waals surface area (Å²) in [5.41, 5.74) is 3.59. The maximum Gasteiger partial charge on any atom is 0.212 e. The van der Waals surface area contributed by atoms with E-state index in [4.69, 9.17) is 18.9 Å². The average molecular weight is 418 g/mol. The summed E-state index contributed by atoms with van der Waals surface area (Å²) < 4.78 is 25.3. The first-order valence-corrected chi connectivity index (χ1v) is 9.96. The number of hydrogen-bond acceptors (Lipinski definition) is 7. The molecule has 4 heterocycles. The lowest BCUT2D eigenvalue weighted by Gasteiger charge is -2.33. The second-order valence-electron chi connectivity index (χ2n) is 7.34. The van der Waals surface area contributed by atoms with Crippen molar-refractivity contribution in [3.63, 3.8) is 0 Å². The molecule has 158 valence electrons. The lowest BCUT2D eigenvalue weighted by Crippen LogP contribution is -2.31. The molecule has 0 fully saturated rings. The van der Waals surface area contributed by atoms with Crippen LogP contribution in [0.15, 0.2) is 55.1 Å². The van der Waals surface area contributed by atoms with Gasteiger partial charge in [0.25, 0.3) is 0 Å². The number of hydrogen-bond donors (Lipinski definition) is 0. The van der Waals surface area contributed by atoms with Crippen molar-refractivity contribution in [3.8, 4) is 23.1 Å². The fourth-order valence-corrected chi connectivity index (χ4v) is 3.79. The van der Waals surface area contributed by atoms with Gasteiger partial charge in [0.1, 0.15) is 11.6 Å². The Labute approximate surface area is 179 Å². The third kappa shape index (κ3) is 3.50. The van der Waals surface area contributed by atoms with Crippen LogP contribution in [0.5, 0.6) is 23.1 Å². The van der Waals surface area contributed by atoms with Gasteiger partial charge in [0.05, 0.1) is 27.1 Å². The van der Waals surface area contributed by atoms with Crippen LogP contribution in [0.4, 0.5) is 0 Å². The highest BCUT2D eigenvalue weighted by molar-refractivity contribution is 5.70. The van der Waals surface area contributed by atoms with Crippen molar-refractivity contribution in [2.45, 2.75) is 25.7 Å². The van der Waals surface area contributed by atoms with Gasteiger partial charge in [-0.15, -0.1) is 0 Å². The van der Waals surface area contributed by atoms with Crippen LogP contribution in [-0.2, 0) is 6.54 Å². The predicted octanol–water partition coefficient (Wildman–Crippen LogP) is 3.79. The van der Waals surface area contributed by atoms with E-state index in [0.717, 1.165) is 22.3 Å². The summed E-state index contributed by atoms with van der Waals surface area (Å²) in [5, 5.41) is 0. The molecule has 0 spiro atoms. The molecule has 0 N–H and O–H groups in total. The number of fused-ring (bicyclic) bond motifs is 2. The van der Waals surface area contributed by atoms with Crippen molar-refractivity contribution >= 4 is 11.2 Å². The van der Waals surface area contributed by atoms with E-state index in [2.05, 4.69) is 15.0 Å². The molecule has 0 unspecified atom stereocenters. The van der Waals surface area contributed by atoms with Gasteiger partial charge in [0.15, 0.2) is 23.3 Å². The van der Waals surface area contributed by atoms with Gasteiger partial charge in [-0.25, -0.2) is 15.0 Å². The van der Waals surface area contributed by atoms with Gasteiger partial charge < -0.3 is 23.5 Å². The molecule has 3 aromatic heterocycles. The van der Waals surface area contributed by atoms with E-state index in [1.807, 2.05) is 47.9 Å². The Balaban J connectivity index is 1.46. The monoisotopic (exact) mass is 418 g/mol. The predicted molar refractivity (Wildman–Crippen MR) is 114 cm³/mol.